The van der Waals surface area contributed by atoms with Gasteiger partial charge in [-0.15, -0.1) is 0 Å². The van der Waals surface area contributed by atoms with Crippen LogP contribution in [0.1, 0.15) is 49.0 Å². The SMILES string of the molecule is CCC(O)C(=O)c1ccc(C(C)C)cc1. The first-order valence-electron chi connectivity index (χ1n) is 5.38. The second-order valence-corrected chi connectivity index (χ2v) is 4.07. The Morgan fingerprint density at radius 2 is 1.80 bits per heavy atom. The number of aliphatic hydroxyl groups is 1. The molecule has 2 heteroatoms. The van der Waals surface area contributed by atoms with E-state index < -0.39 is 6.10 Å². The molecule has 0 saturated carbocycles. The van der Waals surface area contributed by atoms with Crippen molar-refractivity contribution in [3.05, 3.63) is 35.4 Å². The number of Topliss-reactive ketones (excluding diaryl/α,β-unsaturated/α-hetero) is 1. The summed E-state index contributed by atoms with van der Waals surface area (Å²) in [4.78, 5) is 11.6. The van der Waals surface area contributed by atoms with Gasteiger partial charge in [0, 0.05) is 5.56 Å². The predicted octanol–water partition coefficient (Wildman–Crippen LogP) is 2.76. The minimum atomic E-state index is -0.866. The Morgan fingerprint density at radius 3 is 2.20 bits per heavy atom. The second kappa shape index (κ2) is 5.08. The van der Waals surface area contributed by atoms with E-state index in [0.29, 0.717) is 17.9 Å². The van der Waals surface area contributed by atoms with Crippen molar-refractivity contribution in [1.82, 2.24) is 0 Å². The molecule has 0 aliphatic carbocycles. The van der Waals surface area contributed by atoms with E-state index in [1.807, 2.05) is 12.1 Å². The highest BCUT2D eigenvalue weighted by Crippen LogP contribution is 2.15. The summed E-state index contributed by atoms with van der Waals surface area (Å²) in [5.74, 6) is 0.276. The number of rotatable bonds is 4. The number of hydrogen-bond donors (Lipinski definition) is 1. The first-order valence-corrected chi connectivity index (χ1v) is 5.38. The molecule has 1 aromatic rings. The van der Waals surface area contributed by atoms with Gasteiger partial charge in [-0.2, -0.15) is 0 Å². The van der Waals surface area contributed by atoms with Crippen LogP contribution in [0.15, 0.2) is 24.3 Å². The van der Waals surface area contributed by atoms with Crippen LogP contribution in [-0.2, 0) is 0 Å². The third-order valence-electron chi connectivity index (χ3n) is 2.55. The molecule has 1 N–H and O–H groups in total. The first-order chi connectivity index (χ1) is 7.06. The van der Waals surface area contributed by atoms with Gasteiger partial charge in [0.25, 0.3) is 0 Å². The standard InChI is InChI=1S/C13H18O2/c1-4-12(14)13(15)11-7-5-10(6-8-11)9(2)3/h5-9,12,14H,4H2,1-3H3. The zero-order valence-electron chi connectivity index (χ0n) is 9.53. The van der Waals surface area contributed by atoms with E-state index in [0.717, 1.165) is 0 Å². The Morgan fingerprint density at radius 1 is 1.27 bits per heavy atom. The zero-order valence-corrected chi connectivity index (χ0v) is 9.53. The molecule has 0 bridgehead atoms. The number of benzene rings is 1. The fourth-order valence-electron chi connectivity index (χ4n) is 1.41. The lowest BCUT2D eigenvalue weighted by Crippen LogP contribution is -2.19. The molecule has 0 aliphatic rings. The van der Waals surface area contributed by atoms with Crippen LogP contribution < -0.4 is 0 Å². The molecule has 0 amide bonds. The fraction of sp³-hybridized carbons (Fsp3) is 0.462. The van der Waals surface area contributed by atoms with Gasteiger partial charge in [-0.3, -0.25) is 4.79 Å². The molecule has 1 atom stereocenters. The molecule has 0 aromatic heterocycles. The maximum absolute atomic E-state index is 11.6. The Labute approximate surface area is 90.9 Å². The molecule has 0 fully saturated rings. The van der Waals surface area contributed by atoms with Crippen LogP contribution in [0.3, 0.4) is 0 Å². The quantitative estimate of drug-likeness (QED) is 0.769. The maximum atomic E-state index is 11.6. The van der Waals surface area contributed by atoms with Crippen LogP contribution in [0, 0.1) is 0 Å². The number of aliphatic hydroxyl groups excluding tert-OH is 1. The largest absolute Gasteiger partial charge is 0.385 e. The summed E-state index contributed by atoms with van der Waals surface area (Å²) in [5.41, 5.74) is 1.80. The normalized spacial score (nSPS) is 12.9. The van der Waals surface area contributed by atoms with Gasteiger partial charge in [-0.25, -0.2) is 0 Å². The van der Waals surface area contributed by atoms with Gasteiger partial charge in [-0.05, 0) is 17.9 Å². The Balaban J connectivity index is 2.84. The van der Waals surface area contributed by atoms with E-state index in [1.54, 1.807) is 19.1 Å². The molecule has 0 aliphatic heterocycles. The van der Waals surface area contributed by atoms with Gasteiger partial charge in [-0.1, -0.05) is 45.0 Å². The molecular formula is C13H18O2. The van der Waals surface area contributed by atoms with Crippen LogP contribution in [-0.4, -0.2) is 17.0 Å². The number of carbonyl (C=O) groups excluding carboxylic acids is 1. The van der Waals surface area contributed by atoms with Crippen molar-refractivity contribution in [1.29, 1.82) is 0 Å². The van der Waals surface area contributed by atoms with Crippen molar-refractivity contribution in [3.8, 4) is 0 Å². The highest BCUT2D eigenvalue weighted by atomic mass is 16.3. The molecule has 1 unspecified atom stereocenters. The topological polar surface area (TPSA) is 37.3 Å². The lowest BCUT2D eigenvalue weighted by Gasteiger charge is -2.08. The number of ketones is 1. The molecule has 82 valence electrons. The summed E-state index contributed by atoms with van der Waals surface area (Å²) < 4.78 is 0. The van der Waals surface area contributed by atoms with E-state index in [4.69, 9.17) is 0 Å². The van der Waals surface area contributed by atoms with Crippen LogP contribution >= 0.6 is 0 Å². The minimum Gasteiger partial charge on any atom is -0.385 e. The van der Waals surface area contributed by atoms with Crippen LogP contribution in [0.5, 0.6) is 0 Å². The van der Waals surface area contributed by atoms with Crippen molar-refractivity contribution in [2.75, 3.05) is 0 Å². The first kappa shape index (κ1) is 11.9. The van der Waals surface area contributed by atoms with E-state index >= 15 is 0 Å². The van der Waals surface area contributed by atoms with E-state index in [1.165, 1.54) is 5.56 Å². The van der Waals surface area contributed by atoms with Crippen LogP contribution in [0.4, 0.5) is 0 Å². The van der Waals surface area contributed by atoms with Gasteiger partial charge in [0.1, 0.15) is 6.10 Å². The minimum absolute atomic E-state index is 0.187. The third kappa shape index (κ3) is 2.90. The monoisotopic (exact) mass is 206 g/mol. The zero-order chi connectivity index (χ0) is 11.4. The van der Waals surface area contributed by atoms with Crippen molar-refractivity contribution in [2.45, 2.75) is 39.2 Å². The average molecular weight is 206 g/mol. The molecule has 15 heavy (non-hydrogen) atoms. The van der Waals surface area contributed by atoms with Gasteiger partial charge >= 0.3 is 0 Å². The lowest BCUT2D eigenvalue weighted by molar-refractivity contribution is 0.0740. The highest BCUT2D eigenvalue weighted by Gasteiger charge is 2.14. The van der Waals surface area contributed by atoms with E-state index in [-0.39, 0.29) is 5.78 Å². The molecule has 1 aromatic carbocycles. The number of hydrogen-bond acceptors (Lipinski definition) is 2. The van der Waals surface area contributed by atoms with Gasteiger partial charge in [0.15, 0.2) is 5.78 Å². The molecular weight excluding hydrogens is 188 g/mol. The average Bonchev–Trinajstić information content (AvgIpc) is 2.27. The lowest BCUT2D eigenvalue weighted by atomic mass is 9.98. The molecule has 0 radical (unpaired) electrons. The molecule has 0 spiro atoms. The van der Waals surface area contributed by atoms with Crippen LogP contribution in [0.25, 0.3) is 0 Å². The van der Waals surface area contributed by atoms with Gasteiger partial charge < -0.3 is 5.11 Å². The van der Waals surface area contributed by atoms with Gasteiger partial charge in [0.2, 0.25) is 0 Å². The Kier molecular flexibility index (Phi) is 4.04. The van der Waals surface area contributed by atoms with Crippen molar-refractivity contribution in [2.24, 2.45) is 0 Å². The molecule has 2 nitrogen and oxygen atoms in total. The van der Waals surface area contributed by atoms with Gasteiger partial charge in [0.05, 0.1) is 0 Å². The molecule has 0 heterocycles. The highest BCUT2D eigenvalue weighted by molar-refractivity contribution is 5.99. The maximum Gasteiger partial charge on any atom is 0.191 e. The van der Waals surface area contributed by atoms with E-state index in [9.17, 15) is 9.90 Å². The third-order valence-corrected chi connectivity index (χ3v) is 2.55. The van der Waals surface area contributed by atoms with Crippen LogP contribution in [0.2, 0.25) is 0 Å². The predicted molar refractivity (Wildman–Crippen MR) is 61.2 cm³/mol. The Hall–Kier alpha value is -1.15. The summed E-state index contributed by atoms with van der Waals surface area (Å²) >= 11 is 0. The summed E-state index contributed by atoms with van der Waals surface area (Å²) in [6, 6.07) is 7.47. The summed E-state index contributed by atoms with van der Waals surface area (Å²) in [7, 11) is 0. The van der Waals surface area contributed by atoms with Crippen molar-refractivity contribution < 1.29 is 9.90 Å². The smallest absolute Gasteiger partial charge is 0.191 e. The van der Waals surface area contributed by atoms with Crippen molar-refractivity contribution >= 4 is 5.78 Å². The number of carbonyl (C=O) groups is 1. The molecule has 0 saturated heterocycles. The summed E-state index contributed by atoms with van der Waals surface area (Å²) in [5, 5.41) is 9.41. The Bertz CT molecular complexity index is 325. The summed E-state index contributed by atoms with van der Waals surface area (Å²) in [6.45, 7) is 6.01. The fourth-order valence-corrected chi connectivity index (χ4v) is 1.41. The molecule has 1 rings (SSSR count). The van der Waals surface area contributed by atoms with E-state index in [2.05, 4.69) is 13.8 Å². The van der Waals surface area contributed by atoms with Crippen molar-refractivity contribution in [3.63, 3.8) is 0 Å². The second-order valence-electron chi connectivity index (χ2n) is 4.07. The summed E-state index contributed by atoms with van der Waals surface area (Å²) in [6.07, 6.45) is -0.403.